The van der Waals surface area contributed by atoms with E-state index in [9.17, 15) is 4.79 Å². The number of carbonyl (C=O) groups excluding carboxylic acids is 1. The number of carbonyl (C=O) groups is 1. The lowest BCUT2D eigenvalue weighted by molar-refractivity contribution is -0.131. The lowest BCUT2D eigenvalue weighted by Crippen LogP contribution is -2.48. The van der Waals surface area contributed by atoms with Crippen LogP contribution in [0.2, 0.25) is 0 Å². The van der Waals surface area contributed by atoms with Gasteiger partial charge in [-0.2, -0.15) is 0 Å². The van der Waals surface area contributed by atoms with E-state index in [1.54, 1.807) is 7.11 Å². The zero-order valence-corrected chi connectivity index (χ0v) is 12.2. The Balaban J connectivity index is 1.53. The Morgan fingerprint density at radius 2 is 1.90 bits per heavy atom. The minimum Gasteiger partial charge on any atom is -0.485 e. The van der Waals surface area contributed by atoms with E-state index in [0.29, 0.717) is 17.6 Å². The van der Waals surface area contributed by atoms with Gasteiger partial charge >= 0.3 is 0 Å². The highest BCUT2D eigenvalue weighted by Crippen LogP contribution is 2.31. The molecule has 1 unspecified atom stereocenters. The molecule has 5 heteroatoms. The lowest BCUT2D eigenvalue weighted by atomic mass is 9.93. The monoisotopic (exact) mass is 291 g/mol. The van der Waals surface area contributed by atoms with Crippen molar-refractivity contribution in [1.29, 1.82) is 0 Å². The number of methoxy groups -OCH3 is 1. The Hall–Kier alpha value is -1.75. The van der Waals surface area contributed by atoms with Crippen LogP contribution in [-0.2, 0) is 9.53 Å². The van der Waals surface area contributed by atoms with Crippen LogP contribution in [0, 0.1) is 0 Å². The number of hydrogen-bond donors (Lipinski definition) is 1. The van der Waals surface area contributed by atoms with E-state index >= 15 is 0 Å². The van der Waals surface area contributed by atoms with Gasteiger partial charge in [0.25, 0.3) is 5.91 Å². The first-order chi connectivity index (χ1) is 10.3. The molecule has 1 N–H and O–H groups in total. The van der Waals surface area contributed by atoms with Gasteiger partial charge in [0.15, 0.2) is 11.5 Å². The van der Waals surface area contributed by atoms with Crippen molar-refractivity contribution in [3.63, 3.8) is 0 Å². The molecule has 21 heavy (non-hydrogen) atoms. The molecule has 3 rings (SSSR count). The van der Waals surface area contributed by atoms with Gasteiger partial charge in [-0.1, -0.05) is 12.1 Å². The Morgan fingerprint density at radius 1 is 1.19 bits per heavy atom. The van der Waals surface area contributed by atoms with Gasteiger partial charge in [0.2, 0.25) is 6.10 Å². The van der Waals surface area contributed by atoms with Gasteiger partial charge < -0.3 is 19.5 Å². The molecular weight excluding hydrogens is 270 g/mol. The second kappa shape index (κ2) is 6.35. The molecule has 1 fully saturated rings. The van der Waals surface area contributed by atoms with Crippen LogP contribution in [0.1, 0.15) is 25.7 Å². The molecule has 0 saturated heterocycles. The van der Waals surface area contributed by atoms with Crippen molar-refractivity contribution in [2.24, 2.45) is 0 Å². The summed E-state index contributed by atoms with van der Waals surface area (Å²) in [6.45, 7) is 0.260. The number of para-hydroxylation sites is 2. The van der Waals surface area contributed by atoms with Gasteiger partial charge in [-0.05, 0) is 37.8 Å². The summed E-state index contributed by atoms with van der Waals surface area (Å²) in [5, 5.41) is 3.06. The van der Waals surface area contributed by atoms with E-state index in [1.807, 2.05) is 24.3 Å². The molecule has 0 spiro atoms. The molecule has 0 aromatic heterocycles. The number of rotatable bonds is 3. The minimum absolute atomic E-state index is 0.0923. The third-order valence-corrected chi connectivity index (χ3v) is 4.15. The lowest BCUT2D eigenvalue weighted by Gasteiger charge is -2.31. The highest BCUT2D eigenvalue weighted by molar-refractivity contribution is 5.82. The second-order valence-corrected chi connectivity index (χ2v) is 5.58. The largest absolute Gasteiger partial charge is 0.485 e. The van der Waals surface area contributed by atoms with Crippen molar-refractivity contribution in [2.45, 2.75) is 43.9 Å². The predicted molar refractivity (Wildman–Crippen MR) is 77.5 cm³/mol. The summed E-state index contributed by atoms with van der Waals surface area (Å²) in [6, 6.07) is 7.63. The number of amides is 1. The molecule has 1 atom stereocenters. The zero-order valence-electron chi connectivity index (χ0n) is 12.2. The average Bonchev–Trinajstić information content (AvgIpc) is 2.55. The predicted octanol–water partition coefficient (Wildman–Crippen LogP) is 1.90. The maximum Gasteiger partial charge on any atom is 0.264 e. The van der Waals surface area contributed by atoms with Crippen LogP contribution in [0.15, 0.2) is 24.3 Å². The molecule has 1 saturated carbocycles. The quantitative estimate of drug-likeness (QED) is 0.924. The van der Waals surface area contributed by atoms with E-state index in [-0.39, 0.29) is 18.6 Å². The zero-order chi connectivity index (χ0) is 14.7. The number of benzene rings is 1. The van der Waals surface area contributed by atoms with Crippen molar-refractivity contribution < 1.29 is 19.0 Å². The summed E-state index contributed by atoms with van der Waals surface area (Å²) >= 11 is 0. The van der Waals surface area contributed by atoms with Crippen LogP contribution in [-0.4, -0.2) is 37.9 Å². The second-order valence-electron chi connectivity index (χ2n) is 5.58. The molecule has 0 bridgehead atoms. The standard InChI is InChI=1S/C16H21NO4/c1-19-12-8-6-11(7-9-12)17-16(18)15-10-20-13-4-2-3-5-14(13)21-15/h2-5,11-12,15H,6-10H2,1H3,(H,17,18). The first kappa shape index (κ1) is 14.2. The Bertz CT molecular complexity index is 497. The molecule has 0 radical (unpaired) electrons. The molecule has 1 aliphatic heterocycles. The van der Waals surface area contributed by atoms with E-state index in [2.05, 4.69) is 5.32 Å². The molecule has 1 amide bonds. The fraction of sp³-hybridized carbons (Fsp3) is 0.562. The van der Waals surface area contributed by atoms with E-state index < -0.39 is 6.10 Å². The fourth-order valence-corrected chi connectivity index (χ4v) is 2.89. The van der Waals surface area contributed by atoms with Gasteiger partial charge in [-0.15, -0.1) is 0 Å². The normalized spacial score (nSPS) is 28.0. The summed E-state index contributed by atoms with van der Waals surface area (Å²) in [5.41, 5.74) is 0. The highest BCUT2D eigenvalue weighted by atomic mass is 16.6. The highest BCUT2D eigenvalue weighted by Gasteiger charge is 2.30. The Kier molecular flexibility index (Phi) is 4.29. The smallest absolute Gasteiger partial charge is 0.264 e. The Labute approximate surface area is 124 Å². The molecular formula is C16H21NO4. The summed E-state index contributed by atoms with van der Waals surface area (Å²) in [6.07, 6.45) is 3.65. The van der Waals surface area contributed by atoms with E-state index in [1.165, 1.54) is 0 Å². The van der Waals surface area contributed by atoms with Crippen molar-refractivity contribution in [1.82, 2.24) is 5.32 Å². The molecule has 1 aromatic rings. The molecule has 2 aliphatic rings. The third-order valence-electron chi connectivity index (χ3n) is 4.15. The van der Waals surface area contributed by atoms with E-state index in [4.69, 9.17) is 14.2 Å². The molecule has 1 aromatic carbocycles. The van der Waals surface area contributed by atoms with Crippen LogP contribution in [0.5, 0.6) is 11.5 Å². The molecule has 1 aliphatic carbocycles. The maximum atomic E-state index is 12.3. The number of nitrogens with one attached hydrogen (secondary N) is 1. The number of fused-ring (bicyclic) bond motifs is 1. The van der Waals surface area contributed by atoms with Crippen molar-refractivity contribution in [3.8, 4) is 11.5 Å². The number of hydrogen-bond acceptors (Lipinski definition) is 4. The minimum atomic E-state index is -0.569. The van der Waals surface area contributed by atoms with Crippen LogP contribution in [0.3, 0.4) is 0 Å². The van der Waals surface area contributed by atoms with E-state index in [0.717, 1.165) is 25.7 Å². The van der Waals surface area contributed by atoms with Crippen molar-refractivity contribution in [3.05, 3.63) is 24.3 Å². The first-order valence-corrected chi connectivity index (χ1v) is 7.48. The molecule has 114 valence electrons. The Morgan fingerprint density at radius 3 is 2.62 bits per heavy atom. The van der Waals surface area contributed by atoms with Gasteiger partial charge in [0.1, 0.15) is 6.61 Å². The summed E-state index contributed by atoms with van der Waals surface area (Å²) in [5.74, 6) is 1.24. The molecule has 1 heterocycles. The van der Waals surface area contributed by atoms with Crippen LogP contribution in [0.4, 0.5) is 0 Å². The first-order valence-electron chi connectivity index (χ1n) is 7.48. The van der Waals surface area contributed by atoms with Gasteiger partial charge in [0.05, 0.1) is 6.10 Å². The molecule has 5 nitrogen and oxygen atoms in total. The third kappa shape index (κ3) is 3.29. The summed E-state index contributed by atoms with van der Waals surface area (Å²) in [7, 11) is 1.74. The van der Waals surface area contributed by atoms with Gasteiger partial charge in [0, 0.05) is 13.2 Å². The fourth-order valence-electron chi connectivity index (χ4n) is 2.89. The SMILES string of the molecule is COC1CCC(NC(=O)C2COc3ccccc3O2)CC1. The van der Waals surface area contributed by atoms with Crippen molar-refractivity contribution >= 4 is 5.91 Å². The van der Waals surface area contributed by atoms with Crippen LogP contribution >= 0.6 is 0 Å². The van der Waals surface area contributed by atoms with Crippen LogP contribution < -0.4 is 14.8 Å². The van der Waals surface area contributed by atoms with Gasteiger partial charge in [-0.25, -0.2) is 0 Å². The van der Waals surface area contributed by atoms with Crippen LogP contribution in [0.25, 0.3) is 0 Å². The average molecular weight is 291 g/mol. The van der Waals surface area contributed by atoms with Crippen molar-refractivity contribution in [2.75, 3.05) is 13.7 Å². The van der Waals surface area contributed by atoms with Gasteiger partial charge in [-0.3, -0.25) is 4.79 Å². The summed E-state index contributed by atoms with van der Waals surface area (Å²) in [4.78, 5) is 12.3. The summed E-state index contributed by atoms with van der Waals surface area (Å²) < 4.78 is 16.6. The maximum absolute atomic E-state index is 12.3. The topological polar surface area (TPSA) is 56.8 Å². The number of ether oxygens (including phenoxy) is 3.